The van der Waals surface area contributed by atoms with Crippen molar-refractivity contribution in [3.05, 3.63) is 47.2 Å². The molecule has 5 nitrogen and oxygen atoms in total. The van der Waals surface area contributed by atoms with Gasteiger partial charge in [0, 0.05) is 32.6 Å². The molecule has 1 aromatic heterocycles. The Bertz CT molecular complexity index is 674. The van der Waals surface area contributed by atoms with Gasteiger partial charge in [0.15, 0.2) is 0 Å². The minimum absolute atomic E-state index is 0.159. The molecule has 0 amide bonds. The number of nitrogens with one attached hydrogen (secondary N) is 1. The SMILES string of the molecule is Cc1nnc(CN[C@H](CN2CCc3ccccc3C2)C(C)(C)C)o1. The zero-order valence-electron chi connectivity index (χ0n) is 15.2. The standard InChI is InChI=1S/C19H28N4O/c1-14-21-22-18(24-14)11-20-17(19(2,3)4)13-23-10-9-15-7-5-6-8-16(15)12-23/h5-8,17,20H,9-13H2,1-4H3/t17-/m1/s1. The minimum Gasteiger partial charge on any atom is -0.424 e. The second-order valence-corrected chi connectivity index (χ2v) is 7.77. The van der Waals surface area contributed by atoms with Gasteiger partial charge in [0.25, 0.3) is 0 Å². The molecule has 0 aliphatic carbocycles. The van der Waals surface area contributed by atoms with Crippen LogP contribution >= 0.6 is 0 Å². The van der Waals surface area contributed by atoms with Crippen molar-refractivity contribution in [3.63, 3.8) is 0 Å². The minimum atomic E-state index is 0.159. The second-order valence-electron chi connectivity index (χ2n) is 7.77. The number of aromatic nitrogens is 2. The lowest BCUT2D eigenvalue weighted by molar-refractivity contribution is 0.158. The summed E-state index contributed by atoms with van der Waals surface area (Å²) in [4.78, 5) is 2.55. The second kappa shape index (κ2) is 7.03. The van der Waals surface area contributed by atoms with E-state index in [1.165, 1.54) is 11.1 Å². The van der Waals surface area contributed by atoms with E-state index in [1.54, 1.807) is 0 Å². The molecular weight excluding hydrogens is 300 g/mol. The van der Waals surface area contributed by atoms with Crippen LogP contribution in [-0.2, 0) is 19.5 Å². The number of aryl methyl sites for hydroxylation is 1. The van der Waals surface area contributed by atoms with Gasteiger partial charge in [0.1, 0.15) is 0 Å². The summed E-state index contributed by atoms with van der Waals surface area (Å²) in [6, 6.07) is 9.14. The van der Waals surface area contributed by atoms with Gasteiger partial charge in [-0.3, -0.25) is 4.90 Å². The van der Waals surface area contributed by atoms with E-state index in [9.17, 15) is 0 Å². The maximum absolute atomic E-state index is 5.48. The molecule has 1 aromatic carbocycles. The highest BCUT2D eigenvalue weighted by molar-refractivity contribution is 5.29. The van der Waals surface area contributed by atoms with Crippen LogP contribution in [0.2, 0.25) is 0 Å². The van der Waals surface area contributed by atoms with Crippen LogP contribution in [0.15, 0.2) is 28.7 Å². The van der Waals surface area contributed by atoms with Crippen molar-refractivity contribution in [1.82, 2.24) is 20.4 Å². The highest BCUT2D eigenvalue weighted by atomic mass is 16.4. The van der Waals surface area contributed by atoms with Gasteiger partial charge in [-0.25, -0.2) is 0 Å². The Labute approximate surface area is 144 Å². The molecule has 0 radical (unpaired) electrons. The van der Waals surface area contributed by atoms with Crippen molar-refractivity contribution in [2.24, 2.45) is 5.41 Å². The molecule has 1 aliphatic rings. The van der Waals surface area contributed by atoms with Crippen LogP contribution < -0.4 is 5.32 Å². The Morgan fingerprint density at radius 1 is 1.21 bits per heavy atom. The Kier molecular flexibility index (Phi) is 5.01. The first-order chi connectivity index (χ1) is 11.4. The van der Waals surface area contributed by atoms with E-state index in [0.29, 0.717) is 24.4 Å². The molecule has 2 heterocycles. The van der Waals surface area contributed by atoms with E-state index in [1.807, 2.05) is 6.92 Å². The monoisotopic (exact) mass is 328 g/mol. The lowest BCUT2D eigenvalue weighted by Crippen LogP contribution is -2.49. The first kappa shape index (κ1) is 17.1. The topological polar surface area (TPSA) is 54.2 Å². The maximum atomic E-state index is 5.48. The van der Waals surface area contributed by atoms with Gasteiger partial charge in [-0.05, 0) is 23.0 Å². The van der Waals surface area contributed by atoms with Gasteiger partial charge in [0.05, 0.1) is 6.54 Å². The third-order valence-electron chi connectivity index (χ3n) is 4.76. The Morgan fingerprint density at radius 3 is 2.62 bits per heavy atom. The predicted octanol–water partition coefficient (Wildman–Crippen LogP) is 2.94. The fourth-order valence-electron chi connectivity index (χ4n) is 3.23. The molecule has 3 rings (SSSR count). The van der Waals surface area contributed by atoms with Gasteiger partial charge in [-0.1, -0.05) is 45.0 Å². The average molecular weight is 328 g/mol. The molecule has 0 unspecified atom stereocenters. The first-order valence-electron chi connectivity index (χ1n) is 8.73. The molecule has 0 fully saturated rings. The van der Waals surface area contributed by atoms with Gasteiger partial charge in [-0.15, -0.1) is 10.2 Å². The van der Waals surface area contributed by atoms with Gasteiger partial charge >= 0.3 is 0 Å². The van der Waals surface area contributed by atoms with Crippen molar-refractivity contribution >= 4 is 0 Å². The largest absolute Gasteiger partial charge is 0.424 e. The summed E-state index contributed by atoms with van der Waals surface area (Å²) in [6.07, 6.45) is 1.13. The third kappa shape index (κ3) is 4.22. The number of fused-ring (bicyclic) bond motifs is 1. The fourth-order valence-corrected chi connectivity index (χ4v) is 3.23. The number of hydrogen-bond donors (Lipinski definition) is 1. The van der Waals surface area contributed by atoms with Crippen molar-refractivity contribution in [3.8, 4) is 0 Å². The van der Waals surface area contributed by atoms with Gasteiger partial charge in [-0.2, -0.15) is 0 Å². The Balaban J connectivity index is 1.62. The van der Waals surface area contributed by atoms with Crippen LogP contribution in [0.3, 0.4) is 0 Å². The lowest BCUT2D eigenvalue weighted by atomic mass is 9.85. The van der Waals surface area contributed by atoms with Gasteiger partial charge < -0.3 is 9.73 Å². The van der Waals surface area contributed by atoms with Crippen molar-refractivity contribution in [2.75, 3.05) is 13.1 Å². The van der Waals surface area contributed by atoms with E-state index in [0.717, 1.165) is 26.1 Å². The highest BCUT2D eigenvalue weighted by Gasteiger charge is 2.28. The highest BCUT2D eigenvalue weighted by Crippen LogP contribution is 2.24. The molecule has 0 saturated heterocycles. The van der Waals surface area contributed by atoms with Crippen LogP contribution in [0.25, 0.3) is 0 Å². The van der Waals surface area contributed by atoms with Crippen LogP contribution in [-0.4, -0.2) is 34.2 Å². The third-order valence-corrected chi connectivity index (χ3v) is 4.76. The smallest absolute Gasteiger partial charge is 0.230 e. The first-order valence-corrected chi connectivity index (χ1v) is 8.73. The number of benzene rings is 1. The maximum Gasteiger partial charge on any atom is 0.230 e. The molecule has 0 saturated carbocycles. The Hall–Kier alpha value is -1.72. The van der Waals surface area contributed by atoms with E-state index in [4.69, 9.17) is 4.42 Å². The van der Waals surface area contributed by atoms with Crippen molar-refractivity contribution in [2.45, 2.75) is 53.2 Å². The van der Waals surface area contributed by atoms with Crippen LogP contribution in [0.4, 0.5) is 0 Å². The van der Waals surface area contributed by atoms with E-state index >= 15 is 0 Å². The molecule has 1 atom stereocenters. The number of hydrogen-bond acceptors (Lipinski definition) is 5. The molecule has 0 bridgehead atoms. The molecular formula is C19H28N4O. The zero-order chi connectivity index (χ0) is 17.2. The summed E-state index contributed by atoms with van der Waals surface area (Å²) in [5.41, 5.74) is 3.12. The van der Waals surface area contributed by atoms with E-state index < -0.39 is 0 Å². The molecule has 24 heavy (non-hydrogen) atoms. The average Bonchev–Trinajstić information content (AvgIpc) is 2.95. The summed E-state index contributed by atoms with van der Waals surface area (Å²) < 4.78 is 5.48. The van der Waals surface area contributed by atoms with Crippen LogP contribution in [0, 0.1) is 12.3 Å². The van der Waals surface area contributed by atoms with Crippen molar-refractivity contribution in [1.29, 1.82) is 0 Å². The summed E-state index contributed by atoms with van der Waals surface area (Å²) >= 11 is 0. The predicted molar refractivity (Wildman–Crippen MR) is 94.5 cm³/mol. The fraction of sp³-hybridized carbons (Fsp3) is 0.579. The summed E-state index contributed by atoms with van der Waals surface area (Å²) in [6.45, 7) is 12.4. The lowest BCUT2D eigenvalue weighted by Gasteiger charge is -2.37. The molecule has 5 heteroatoms. The molecule has 1 N–H and O–H groups in total. The van der Waals surface area contributed by atoms with Crippen LogP contribution in [0.5, 0.6) is 0 Å². The van der Waals surface area contributed by atoms with Crippen LogP contribution in [0.1, 0.15) is 43.7 Å². The number of nitrogens with zero attached hydrogens (tertiary/aromatic N) is 3. The summed E-state index contributed by atoms with van der Waals surface area (Å²) in [7, 11) is 0. The van der Waals surface area contributed by atoms with Gasteiger partial charge in [0.2, 0.25) is 11.8 Å². The molecule has 130 valence electrons. The van der Waals surface area contributed by atoms with E-state index in [-0.39, 0.29) is 5.41 Å². The Morgan fingerprint density at radius 2 is 1.96 bits per heavy atom. The van der Waals surface area contributed by atoms with E-state index in [2.05, 4.69) is 65.5 Å². The zero-order valence-corrected chi connectivity index (χ0v) is 15.2. The number of rotatable bonds is 5. The summed E-state index contributed by atoms with van der Waals surface area (Å²) in [5.74, 6) is 1.28. The molecule has 1 aliphatic heterocycles. The van der Waals surface area contributed by atoms with Crippen molar-refractivity contribution < 1.29 is 4.42 Å². The quantitative estimate of drug-likeness (QED) is 0.914. The molecule has 0 spiro atoms. The summed E-state index contributed by atoms with van der Waals surface area (Å²) in [5, 5.41) is 11.6. The molecule has 2 aromatic rings. The normalized spacial score (nSPS) is 16.8.